The van der Waals surface area contributed by atoms with Crippen molar-refractivity contribution in [3.05, 3.63) is 0 Å². The van der Waals surface area contributed by atoms with E-state index < -0.39 is 0 Å². The molecule has 0 aromatic carbocycles. The average Bonchev–Trinajstić information content (AvgIpc) is 2.86. The summed E-state index contributed by atoms with van der Waals surface area (Å²) in [6.45, 7) is 4.42. The molecule has 1 rings (SSSR count). The van der Waals surface area contributed by atoms with E-state index in [0.29, 0.717) is 13.0 Å². The molecule has 0 aromatic rings. The van der Waals surface area contributed by atoms with Crippen molar-refractivity contribution < 1.29 is 9.90 Å². The van der Waals surface area contributed by atoms with Crippen LogP contribution in [-0.2, 0) is 0 Å². The zero-order chi connectivity index (χ0) is 14.3. The van der Waals surface area contributed by atoms with Gasteiger partial charge in [-0.2, -0.15) is 0 Å². The molecule has 2 amide bonds. The first-order chi connectivity index (χ1) is 8.99. The summed E-state index contributed by atoms with van der Waals surface area (Å²) in [7, 11) is 1.78. The highest BCUT2D eigenvalue weighted by atomic mass is 16.3. The van der Waals surface area contributed by atoms with Crippen molar-refractivity contribution in [2.24, 2.45) is 5.92 Å². The number of aliphatic hydroxyl groups excluding tert-OH is 1. The third kappa shape index (κ3) is 6.81. The zero-order valence-electron chi connectivity index (χ0n) is 12.7. The van der Waals surface area contributed by atoms with E-state index in [4.69, 9.17) is 0 Å². The second-order valence-electron chi connectivity index (χ2n) is 6.14. The van der Waals surface area contributed by atoms with Crippen LogP contribution in [-0.4, -0.2) is 41.8 Å². The normalized spacial score (nSPS) is 19.2. The maximum absolute atomic E-state index is 11.9. The molecule has 4 heteroatoms. The topological polar surface area (TPSA) is 52.6 Å². The summed E-state index contributed by atoms with van der Waals surface area (Å²) in [6, 6.07) is 0.210. The molecule has 2 unspecified atom stereocenters. The molecule has 0 spiro atoms. The minimum absolute atomic E-state index is 0.0282. The van der Waals surface area contributed by atoms with Gasteiger partial charge in [0.2, 0.25) is 0 Å². The second kappa shape index (κ2) is 8.41. The Labute approximate surface area is 117 Å². The molecule has 1 saturated carbocycles. The van der Waals surface area contributed by atoms with Gasteiger partial charge in [0.05, 0.1) is 6.10 Å². The second-order valence-corrected chi connectivity index (χ2v) is 6.14. The number of hydrogen-bond donors (Lipinski definition) is 2. The minimum Gasteiger partial charge on any atom is -0.393 e. The van der Waals surface area contributed by atoms with Crippen molar-refractivity contribution >= 4 is 6.03 Å². The first kappa shape index (κ1) is 16.3. The number of carbonyl (C=O) groups is 1. The molecular formula is C15H30N2O2. The number of rotatable bonds is 7. The quantitative estimate of drug-likeness (QED) is 0.747. The third-order valence-corrected chi connectivity index (χ3v) is 4.08. The fourth-order valence-electron chi connectivity index (χ4n) is 2.66. The van der Waals surface area contributed by atoms with Gasteiger partial charge in [-0.15, -0.1) is 0 Å². The smallest absolute Gasteiger partial charge is 0.317 e. The van der Waals surface area contributed by atoms with Gasteiger partial charge in [0, 0.05) is 19.6 Å². The standard InChI is InChI=1S/C15H30N2O2/c1-12(8-9-14-6-4-5-7-14)16-15(19)17(3)11-10-13(2)18/h12-14,18H,4-11H2,1-3H3,(H,16,19). The highest BCUT2D eigenvalue weighted by Crippen LogP contribution is 2.28. The number of carbonyl (C=O) groups excluding carboxylic acids is 1. The zero-order valence-corrected chi connectivity index (χ0v) is 12.7. The van der Waals surface area contributed by atoms with Gasteiger partial charge in [-0.05, 0) is 39.0 Å². The molecular weight excluding hydrogens is 240 g/mol. The van der Waals surface area contributed by atoms with Crippen molar-refractivity contribution in [2.75, 3.05) is 13.6 Å². The van der Waals surface area contributed by atoms with Crippen LogP contribution in [0.25, 0.3) is 0 Å². The Balaban J connectivity index is 2.15. The SMILES string of the molecule is CC(O)CCN(C)C(=O)NC(C)CCC1CCCC1. The van der Waals surface area contributed by atoms with Crippen LogP contribution >= 0.6 is 0 Å². The molecule has 0 aromatic heterocycles. The monoisotopic (exact) mass is 270 g/mol. The Bertz CT molecular complexity index is 263. The lowest BCUT2D eigenvalue weighted by Crippen LogP contribution is -2.42. The summed E-state index contributed by atoms with van der Waals surface area (Å²) in [5.74, 6) is 0.882. The van der Waals surface area contributed by atoms with E-state index in [2.05, 4.69) is 12.2 Å². The van der Waals surface area contributed by atoms with Crippen molar-refractivity contribution in [1.82, 2.24) is 10.2 Å². The summed E-state index contributed by atoms with van der Waals surface area (Å²) < 4.78 is 0. The van der Waals surface area contributed by atoms with Crippen LogP contribution in [0, 0.1) is 5.92 Å². The number of nitrogens with zero attached hydrogens (tertiary/aromatic N) is 1. The number of urea groups is 1. The van der Waals surface area contributed by atoms with Gasteiger partial charge in [-0.3, -0.25) is 0 Å². The van der Waals surface area contributed by atoms with Gasteiger partial charge in [-0.1, -0.05) is 25.7 Å². The van der Waals surface area contributed by atoms with E-state index in [0.717, 1.165) is 12.3 Å². The molecule has 0 heterocycles. The first-order valence-electron chi connectivity index (χ1n) is 7.68. The Kier molecular flexibility index (Phi) is 7.21. The molecule has 2 N–H and O–H groups in total. The third-order valence-electron chi connectivity index (χ3n) is 4.08. The molecule has 1 fully saturated rings. The van der Waals surface area contributed by atoms with Crippen LogP contribution in [0.3, 0.4) is 0 Å². The van der Waals surface area contributed by atoms with Crippen LogP contribution < -0.4 is 5.32 Å². The van der Waals surface area contributed by atoms with Gasteiger partial charge in [0.25, 0.3) is 0 Å². The predicted octanol–water partition coefficient (Wildman–Crippen LogP) is 2.76. The van der Waals surface area contributed by atoms with E-state index in [1.54, 1.807) is 18.9 Å². The van der Waals surface area contributed by atoms with Gasteiger partial charge in [-0.25, -0.2) is 4.79 Å². The first-order valence-corrected chi connectivity index (χ1v) is 7.68. The van der Waals surface area contributed by atoms with Crippen molar-refractivity contribution in [3.63, 3.8) is 0 Å². The lowest BCUT2D eigenvalue weighted by atomic mass is 9.99. The van der Waals surface area contributed by atoms with Crippen LogP contribution in [0.5, 0.6) is 0 Å². The minimum atomic E-state index is -0.352. The summed E-state index contributed by atoms with van der Waals surface area (Å²) in [6.07, 6.45) is 8.08. The fourth-order valence-corrected chi connectivity index (χ4v) is 2.66. The Hall–Kier alpha value is -0.770. The Morgan fingerprint density at radius 1 is 1.32 bits per heavy atom. The van der Waals surface area contributed by atoms with Crippen LogP contribution in [0.2, 0.25) is 0 Å². The van der Waals surface area contributed by atoms with Gasteiger partial charge in [0.15, 0.2) is 0 Å². The fraction of sp³-hybridized carbons (Fsp3) is 0.933. The number of nitrogens with one attached hydrogen (secondary N) is 1. The lowest BCUT2D eigenvalue weighted by Gasteiger charge is -2.22. The van der Waals surface area contributed by atoms with E-state index in [9.17, 15) is 9.90 Å². The molecule has 1 aliphatic rings. The Morgan fingerprint density at radius 2 is 1.95 bits per heavy atom. The molecule has 2 atom stereocenters. The van der Waals surface area contributed by atoms with Gasteiger partial charge in [0.1, 0.15) is 0 Å². The van der Waals surface area contributed by atoms with Crippen molar-refractivity contribution in [3.8, 4) is 0 Å². The van der Waals surface area contributed by atoms with Gasteiger partial charge < -0.3 is 15.3 Å². The van der Waals surface area contributed by atoms with Gasteiger partial charge >= 0.3 is 6.03 Å². The van der Waals surface area contributed by atoms with Crippen molar-refractivity contribution in [2.45, 2.75) is 70.9 Å². The molecule has 4 nitrogen and oxygen atoms in total. The summed E-state index contributed by atoms with van der Waals surface area (Å²) in [5, 5.41) is 12.2. The molecule has 0 saturated heterocycles. The summed E-state index contributed by atoms with van der Waals surface area (Å²) in [4.78, 5) is 13.5. The maximum atomic E-state index is 11.9. The molecule has 112 valence electrons. The highest BCUT2D eigenvalue weighted by Gasteiger charge is 2.17. The van der Waals surface area contributed by atoms with E-state index in [1.807, 2.05) is 0 Å². The molecule has 0 bridgehead atoms. The van der Waals surface area contributed by atoms with Crippen LogP contribution in [0.15, 0.2) is 0 Å². The van der Waals surface area contributed by atoms with E-state index in [-0.39, 0.29) is 18.2 Å². The van der Waals surface area contributed by atoms with Crippen LogP contribution in [0.4, 0.5) is 4.79 Å². The Morgan fingerprint density at radius 3 is 2.53 bits per heavy atom. The number of amides is 2. The largest absolute Gasteiger partial charge is 0.393 e. The van der Waals surface area contributed by atoms with E-state index >= 15 is 0 Å². The molecule has 0 radical (unpaired) electrons. The predicted molar refractivity (Wildman–Crippen MR) is 78.1 cm³/mol. The number of aliphatic hydroxyl groups is 1. The highest BCUT2D eigenvalue weighted by molar-refractivity contribution is 5.74. The summed E-state index contributed by atoms with van der Waals surface area (Å²) in [5.41, 5.74) is 0. The summed E-state index contributed by atoms with van der Waals surface area (Å²) >= 11 is 0. The molecule has 19 heavy (non-hydrogen) atoms. The van der Waals surface area contributed by atoms with Crippen LogP contribution in [0.1, 0.15) is 58.8 Å². The molecule has 0 aliphatic heterocycles. The molecule has 1 aliphatic carbocycles. The van der Waals surface area contributed by atoms with E-state index in [1.165, 1.54) is 32.1 Å². The maximum Gasteiger partial charge on any atom is 0.317 e. The average molecular weight is 270 g/mol. The van der Waals surface area contributed by atoms with Crippen molar-refractivity contribution in [1.29, 1.82) is 0 Å². The number of hydrogen-bond acceptors (Lipinski definition) is 2. The lowest BCUT2D eigenvalue weighted by molar-refractivity contribution is 0.162.